The summed E-state index contributed by atoms with van der Waals surface area (Å²) in [5.41, 5.74) is 1.44. The second kappa shape index (κ2) is 6.80. The molecule has 0 radical (unpaired) electrons. The predicted molar refractivity (Wildman–Crippen MR) is 89.4 cm³/mol. The van der Waals surface area contributed by atoms with E-state index in [0.717, 1.165) is 11.6 Å². The van der Waals surface area contributed by atoms with Crippen LogP contribution >= 0.6 is 0 Å². The average molecular weight is 344 g/mol. The van der Waals surface area contributed by atoms with Crippen LogP contribution in [0.3, 0.4) is 0 Å². The van der Waals surface area contributed by atoms with Gasteiger partial charge in [0.15, 0.2) is 6.61 Å². The van der Waals surface area contributed by atoms with Crippen molar-refractivity contribution in [3.63, 3.8) is 0 Å². The van der Waals surface area contributed by atoms with Gasteiger partial charge in [-0.2, -0.15) is 0 Å². The molecule has 1 atom stereocenters. The van der Waals surface area contributed by atoms with E-state index in [-0.39, 0.29) is 29.9 Å². The van der Waals surface area contributed by atoms with Crippen molar-refractivity contribution in [2.45, 2.75) is 13.0 Å². The number of anilines is 1. The monoisotopic (exact) mass is 344 g/mol. The largest absolute Gasteiger partial charge is 0.496 e. The van der Waals surface area contributed by atoms with Crippen LogP contribution in [0.25, 0.3) is 0 Å². The van der Waals surface area contributed by atoms with Crippen molar-refractivity contribution >= 4 is 17.5 Å². The molecule has 6 nitrogen and oxygen atoms in total. The van der Waals surface area contributed by atoms with Crippen molar-refractivity contribution < 1.29 is 23.5 Å². The number of fused-ring (bicyclic) bond motifs is 1. The summed E-state index contributed by atoms with van der Waals surface area (Å²) < 4.78 is 23.8. The molecule has 2 aromatic carbocycles. The van der Waals surface area contributed by atoms with Gasteiger partial charge in [-0.25, -0.2) is 4.39 Å². The van der Waals surface area contributed by atoms with E-state index in [1.165, 1.54) is 19.2 Å². The van der Waals surface area contributed by atoms with Gasteiger partial charge >= 0.3 is 0 Å². The lowest BCUT2D eigenvalue weighted by atomic mass is 10.1. The molecule has 2 aromatic rings. The SMILES string of the molecule is COc1ccc(F)cc1C(=O)N[C@@H](C)c1ccc2c(c1)NC(=O)CO2. The number of hydrogen-bond donors (Lipinski definition) is 2. The summed E-state index contributed by atoms with van der Waals surface area (Å²) in [5.74, 6) is -0.342. The van der Waals surface area contributed by atoms with Crippen molar-refractivity contribution in [1.29, 1.82) is 0 Å². The van der Waals surface area contributed by atoms with Crippen LogP contribution in [0.5, 0.6) is 11.5 Å². The molecule has 0 fully saturated rings. The van der Waals surface area contributed by atoms with E-state index in [1.807, 2.05) is 0 Å². The lowest BCUT2D eigenvalue weighted by molar-refractivity contribution is -0.118. The number of carbonyl (C=O) groups excluding carboxylic acids is 2. The highest BCUT2D eigenvalue weighted by Crippen LogP contribution is 2.30. The fraction of sp³-hybridized carbons (Fsp3) is 0.222. The first-order valence-corrected chi connectivity index (χ1v) is 7.69. The third kappa shape index (κ3) is 3.55. The fourth-order valence-electron chi connectivity index (χ4n) is 2.59. The Morgan fingerprint density at radius 1 is 1.32 bits per heavy atom. The minimum absolute atomic E-state index is 0.0159. The molecular formula is C18H17FN2O4. The van der Waals surface area contributed by atoms with Crippen LogP contribution in [0, 0.1) is 5.82 Å². The highest BCUT2D eigenvalue weighted by Gasteiger charge is 2.20. The summed E-state index contributed by atoms with van der Waals surface area (Å²) in [6.07, 6.45) is 0. The first-order chi connectivity index (χ1) is 12.0. The Labute approximate surface area is 143 Å². The number of halogens is 1. The second-order valence-corrected chi connectivity index (χ2v) is 5.63. The minimum atomic E-state index is -0.521. The summed E-state index contributed by atoms with van der Waals surface area (Å²) in [4.78, 5) is 23.9. The summed E-state index contributed by atoms with van der Waals surface area (Å²) in [7, 11) is 1.42. The van der Waals surface area contributed by atoms with E-state index in [1.54, 1.807) is 25.1 Å². The Balaban J connectivity index is 1.79. The number of amides is 2. The molecule has 1 aliphatic heterocycles. The van der Waals surface area contributed by atoms with Crippen molar-refractivity contribution in [1.82, 2.24) is 5.32 Å². The topological polar surface area (TPSA) is 76.7 Å². The van der Waals surface area contributed by atoms with Crippen LogP contribution in [-0.2, 0) is 4.79 Å². The minimum Gasteiger partial charge on any atom is -0.496 e. The second-order valence-electron chi connectivity index (χ2n) is 5.63. The normalized spacial score (nSPS) is 14.0. The molecule has 0 spiro atoms. The number of methoxy groups -OCH3 is 1. The third-order valence-electron chi connectivity index (χ3n) is 3.89. The highest BCUT2D eigenvalue weighted by atomic mass is 19.1. The Morgan fingerprint density at radius 3 is 2.88 bits per heavy atom. The predicted octanol–water partition coefficient (Wildman–Crippen LogP) is 2.66. The molecule has 7 heteroatoms. The smallest absolute Gasteiger partial charge is 0.262 e. The molecule has 0 unspecified atom stereocenters. The average Bonchev–Trinajstić information content (AvgIpc) is 2.60. The van der Waals surface area contributed by atoms with Gasteiger partial charge in [0.05, 0.1) is 24.4 Å². The van der Waals surface area contributed by atoms with E-state index in [4.69, 9.17) is 9.47 Å². The molecule has 3 rings (SSSR count). The summed E-state index contributed by atoms with van der Waals surface area (Å²) >= 11 is 0. The van der Waals surface area contributed by atoms with Crippen molar-refractivity contribution in [2.24, 2.45) is 0 Å². The molecule has 0 bridgehead atoms. The van der Waals surface area contributed by atoms with Gasteiger partial charge in [0, 0.05) is 0 Å². The van der Waals surface area contributed by atoms with Gasteiger partial charge in [-0.15, -0.1) is 0 Å². The fourth-order valence-corrected chi connectivity index (χ4v) is 2.59. The zero-order valence-corrected chi connectivity index (χ0v) is 13.8. The van der Waals surface area contributed by atoms with Crippen LogP contribution in [0.15, 0.2) is 36.4 Å². The summed E-state index contributed by atoms with van der Waals surface area (Å²) in [5, 5.41) is 5.51. The standard InChI is InChI=1S/C18H17FN2O4/c1-10(11-3-5-16-14(7-11)21-17(22)9-25-16)20-18(23)13-8-12(19)4-6-15(13)24-2/h3-8,10H,9H2,1-2H3,(H,20,23)(H,21,22)/t10-/m0/s1. The number of benzene rings is 2. The first-order valence-electron chi connectivity index (χ1n) is 7.69. The maximum Gasteiger partial charge on any atom is 0.262 e. The molecular weight excluding hydrogens is 327 g/mol. The van der Waals surface area contributed by atoms with Crippen LogP contribution in [0.2, 0.25) is 0 Å². The van der Waals surface area contributed by atoms with E-state index < -0.39 is 11.7 Å². The first kappa shape index (κ1) is 16.8. The van der Waals surface area contributed by atoms with E-state index in [9.17, 15) is 14.0 Å². The molecule has 0 aromatic heterocycles. The molecule has 0 saturated carbocycles. The van der Waals surface area contributed by atoms with Crippen LogP contribution in [0.4, 0.5) is 10.1 Å². The van der Waals surface area contributed by atoms with Crippen LogP contribution < -0.4 is 20.1 Å². The molecule has 1 aliphatic rings. The Bertz CT molecular complexity index is 838. The van der Waals surface area contributed by atoms with Crippen molar-refractivity contribution in [2.75, 3.05) is 19.0 Å². The molecule has 130 valence electrons. The number of nitrogens with one attached hydrogen (secondary N) is 2. The Kier molecular flexibility index (Phi) is 4.56. The van der Waals surface area contributed by atoms with Gasteiger partial charge in [0.1, 0.15) is 17.3 Å². The zero-order valence-electron chi connectivity index (χ0n) is 13.8. The van der Waals surface area contributed by atoms with E-state index in [0.29, 0.717) is 11.4 Å². The molecule has 0 saturated heterocycles. The molecule has 1 heterocycles. The molecule has 0 aliphatic carbocycles. The summed E-state index contributed by atoms with van der Waals surface area (Å²) in [6.45, 7) is 1.77. The Hall–Kier alpha value is -3.09. The number of rotatable bonds is 4. The van der Waals surface area contributed by atoms with Crippen LogP contribution in [0.1, 0.15) is 28.9 Å². The van der Waals surface area contributed by atoms with Gasteiger partial charge < -0.3 is 20.1 Å². The maximum atomic E-state index is 13.4. The van der Waals surface area contributed by atoms with Gasteiger partial charge in [0.2, 0.25) is 0 Å². The van der Waals surface area contributed by atoms with Crippen molar-refractivity contribution in [3.8, 4) is 11.5 Å². The van der Waals surface area contributed by atoms with Gasteiger partial charge in [-0.1, -0.05) is 6.07 Å². The summed E-state index contributed by atoms with van der Waals surface area (Å²) in [6, 6.07) is 8.65. The quantitative estimate of drug-likeness (QED) is 0.894. The van der Waals surface area contributed by atoms with Crippen molar-refractivity contribution in [3.05, 3.63) is 53.3 Å². The van der Waals surface area contributed by atoms with Crippen LogP contribution in [-0.4, -0.2) is 25.5 Å². The van der Waals surface area contributed by atoms with E-state index >= 15 is 0 Å². The number of hydrogen-bond acceptors (Lipinski definition) is 4. The maximum absolute atomic E-state index is 13.4. The lowest BCUT2D eigenvalue weighted by Gasteiger charge is -2.21. The molecule has 2 N–H and O–H groups in total. The number of carbonyl (C=O) groups is 2. The number of ether oxygens (including phenoxy) is 2. The van der Waals surface area contributed by atoms with Gasteiger partial charge in [-0.05, 0) is 42.8 Å². The lowest BCUT2D eigenvalue weighted by Crippen LogP contribution is -2.28. The molecule has 2 amide bonds. The highest BCUT2D eigenvalue weighted by molar-refractivity contribution is 5.97. The van der Waals surface area contributed by atoms with Gasteiger partial charge in [-0.3, -0.25) is 9.59 Å². The zero-order chi connectivity index (χ0) is 18.0. The van der Waals surface area contributed by atoms with Gasteiger partial charge in [0.25, 0.3) is 11.8 Å². The van der Waals surface area contributed by atoms with E-state index in [2.05, 4.69) is 10.6 Å². The third-order valence-corrected chi connectivity index (χ3v) is 3.89. The Morgan fingerprint density at radius 2 is 2.12 bits per heavy atom. The molecule has 25 heavy (non-hydrogen) atoms.